The Labute approximate surface area is 71.6 Å². The van der Waals surface area contributed by atoms with Crippen molar-refractivity contribution >= 4 is 0 Å². The van der Waals surface area contributed by atoms with Crippen LogP contribution in [-0.4, -0.2) is 43.3 Å². The molecule has 0 aliphatic carbocycles. The molecule has 5 heteroatoms. The van der Waals surface area contributed by atoms with Crippen molar-refractivity contribution in [1.82, 2.24) is 0 Å². The number of hydrogen-bond acceptors (Lipinski definition) is 5. The summed E-state index contributed by atoms with van der Waals surface area (Å²) in [4.78, 5) is 0. The molecule has 0 amide bonds. The molecule has 4 atom stereocenters. The third-order valence-corrected chi connectivity index (χ3v) is 2.07. The first-order valence-corrected chi connectivity index (χ1v) is 4.01. The Morgan fingerprint density at radius 3 is 2.83 bits per heavy atom. The minimum absolute atomic E-state index is 0.271. The van der Waals surface area contributed by atoms with E-state index in [1.807, 2.05) is 0 Å². The molecule has 1 fully saturated rings. The summed E-state index contributed by atoms with van der Waals surface area (Å²) < 4.78 is 10.3. The van der Waals surface area contributed by atoms with E-state index in [0.717, 1.165) is 0 Å². The normalized spacial score (nSPS) is 43.0. The average Bonchev–Trinajstić information content (AvgIpc) is 2.05. The second kappa shape index (κ2) is 4.15. The fourth-order valence-electron chi connectivity index (χ4n) is 1.35. The molecule has 1 saturated heterocycles. The predicted molar refractivity (Wildman–Crippen MR) is 43.3 cm³/mol. The largest absolute Gasteiger partial charge is 0.390 e. The smallest absolute Gasteiger partial charge is 0.172 e. The van der Waals surface area contributed by atoms with Crippen molar-refractivity contribution in [3.63, 3.8) is 0 Å². The third-order valence-electron chi connectivity index (χ3n) is 2.07. The highest BCUT2D eigenvalue weighted by Gasteiger charge is 2.34. The van der Waals surface area contributed by atoms with E-state index in [0.29, 0.717) is 6.42 Å². The van der Waals surface area contributed by atoms with Crippen LogP contribution in [0.1, 0.15) is 6.42 Å². The molecule has 0 saturated carbocycles. The van der Waals surface area contributed by atoms with Gasteiger partial charge < -0.3 is 26.0 Å². The van der Waals surface area contributed by atoms with Gasteiger partial charge in [-0.1, -0.05) is 0 Å². The molecule has 5 nitrogen and oxygen atoms in total. The molecule has 0 bridgehead atoms. The first-order chi connectivity index (χ1) is 5.69. The van der Waals surface area contributed by atoms with Crippen LogP contribution >= 0.6 is 0 Å². The third kappa shape index (κ3) is 1.94. The van der Waals surface area contributed by atoms with Crippen molar-refractivity contribution < 1.29 is 14.6 Å². The second-order valence-electron chi connectivity index (χ2n) is 2.98. The van der Waals surface area contributed by atoms with Gasteiger partial charge in [-0.3, -0.25) is 0 Å². The number of nitrogens with two attached hydrogens (primary N) is 2. The fraction of sp³-hybridized carbons (Fsp3) is 1.00. The van der Waals surface area contributed by atoms with Crippen LogP contribution in [0.3, 0.4) is 0 Å². The molecule has 72 valence electrons. The summed E-state index contributed by atoms with van der Waals surface area (Å²) in [6, 6.07) is -0.271. The first kappa shape index (κ1) is 9.88. The zero-order valence-corrected chi connectivity index (χ0v) is 7.14. The summed E-state index contributed by atoms with van der Waals surface area (Å²) in [6.07, 6.45) is -0.895. The Balaban J connectivity index is 2.50. The Kier molecular flexibility index (Phi) is 3.42. The number of hydrogen-bond donors (Lipinski definition) is 3. The van der Waals surface area contributed by atoms with E-state index in [1.165, 1.54) is 7.11 Å². The van der Waals surface area contributed by atoms with Gasteiger partial charge in [-0.05, 0) is 6.42 Å². The van der Waals surface area contributed by atoms with E-state index >= 15 is 0 Å². The highest BCUT2D eigenvalue weighted by Crippen LogP contribution is 2.18. The Morgan fingerprint density at radius 2 is 2.33 bits per heavy atom. The van der Waals surface area contributed by atoms with Gasteiger partial charge in [-0.15, -0.1) is 0 Å². The minimum Gasteiger partial charge on any atom is -0.390 e. The summed E-state index contributed by atoms with van der Waals surface area (Å²) >= 11 is 0. The van der Waals surface area contributed by atoms with Crippen LogP contribution in [0.5, 0.6) is 0 Å². The Bertz CT molecular complexity index is 131. The zero-order valence-electron chi connectivity index (χ0n) is 7.14. The van der Waals surface area contributed by atoms with Crippen LogP contribution in [0, 0.1) is 0 Å². The van der Waals surface area contributed by atoms with Crippen LogP contribution in [0.2, 0.25) is 0 Å². The van der Waals surface area contributed by atoms with Gasteiger partial charge in [0.25, 0.3) is 0 Å². The van der Waals surface area contributed by atoms with Gasteiger partial charge in [0.15, 0.2) is 6.29 Å². The summed E-state index contributed by atoms with van der Waals surface area (Å²) in [6.45, 7) is 0.285. The SMILES string of the molecule is CO[C@H]1O[C@H](CN)C(O)C[C@H]1N. The Morgan fingerprint density at radius 1 is 1.67 bits per heavy atom. The maximum atomic E-state index is 9.41. The van der Waals surface area contributed by atoms with Gasteiger partial charge >= 0.3 is 0 Å². The highest BCUT2D eigenvalue weighted by molar-refractivity contribution is 4.83. The van der Waals surface area contributed by atoms with E-state index in [2.05, 4.69) is 0 Å². The van der Waals surface area contributed by atoms with Crippen molar-refractivity contribution in [3.8, 4) is 0 Å². The minimum atomic E-state index is -0.573. The molecule has 1 aliphatic heterocycles. The average molecular weight is 176 g/mol. The highest BCUT2D eigenvalue weighted by atomic mass is 16.7. The zero-order chi connectivity index (χ0) is 9.14. The Hall–Kier alpha value is -0.200. The van der Waals surface area contributed by atoms with Gasteiger partial charge in [0.2, 0.25) is 0 Å². The maximum absolute atomic E-state index is 9.41. The summed E-state index contributed by atoms with van der Waals surface area (Å²) in [5.41, 5.74) is 11.0. The standard InChI is InChI=1S/C7H16N2O3/c1-11-7-4(9)2-5(10)6(3-8)12-7/h4-7,10H,2-3,8-9H2,1H3/t4-,5?,6-,7+/m1/s1. The van der Waals surface area contributed by atoms with Crippen molar-refractivity contribution in [1.29, 1.82) is 0 Å². The molecular formula is C7H16N2O3. The van der Waals surface area contributed by atoms with E-state index in [1.54, 1.807) is 0 Å². The van der Waals surface area contributed by atoms with Crippen LogP contribution in [-0.2, 0) is 9.47 Å². The fourth-order valence-corrected chi connectivity index (χ4v) is 1.35. The molecule has 0 radical (unpaired) electrons. The van der Waals surface area contributed by atoms with E-state index in [4.69, 9.17) is 20.9 Å². The van der Waals surface area contributed by atoms with Crippen LogP contribution in [0.4, 0.5) is 0 Å². The molecule has 0 aromatic carbocycles. The molecule has 0 aromatic rings. The second-order valence-corrected chi connectivity index (χ2v) is 2.98. The monoisotopic (exact) mass is 176 g/mol. The van der Waals surface area contributed by atoms with E-state index < -0.39 is 12.4 Å². The van der Waals surface area contributed by atoms with E-state index in [9.17, 15) is 5.11 Å². The lowest BCUT2D eigenvalue weighted by molar-refractivity contribution is -0.216. The van der Waals surface area contributed by atoms with Crippen LogP contribution < -0.4 is 11.5 Å². The number of aliphatic hydroxyl groups is 1. The molecule has 0 aromatic heterocycles. The van der Waals surface area contributed by atoms with Crippen molar-refractivity contribution in [3.05, 3.63) is 0 Å². The molecule has 0 spiro atoms. The lowest BCUT2D eigenvalue weighted by Crippen LogP contribution is -2.53. The first-order valence-electron chi connectivity index (χ1n) is 4.01. The molecule has 1 rings (SSSR count). The lowest BCUT2D eigenvalue weighted by Gasteiger charge is -2.36. The molecular weight excluding hydrogens is 160 g/mol. The van der Waals surface area contributed by atoms with Crippen molar-refractivity contribution in [2.24, 2.45) is 11.5 Å². The molecule has 1 heterocycles. The van der Waals surface area contributed by atoms with Gasteiger partial charge in [0.05, 0.1) is 18.2 Å². The number of ether oxygens (including phenoxy) is 2. The van der Waals surface area contributed by atoms with E-state index in [-0.39, 0.29) is 18.7 Å². The molecule has 12 heavy (non-hydrogen) atoms. The number of rotatable bonds is 2. The van der Waals surface area contributed by atoms with Gasteiger partial charge in [0.1, 0.15) is 0 Å². The quantitative estimate of drug-likeness (QED) is 0.471. The van der Waals surface area contributed by atoms with Gasteiger partial charge in [0, 0.05) is 13.7 Å². The maximum Gasteiger partial charge on any atom is 0.172 e. The molecule has 1 aliphatic rings. The van der Waals surface area contributed by atoms with Crippen LogP contribution in [0.25, 0.3) is 0 Å². The number of aliphatic hydroxyl groups excluding tert-OH is 1. The molecule has 1 unspecified atom stereocenters. The summed E-state index contributed by atoms with van der Waals surface area (Å²) in [5.74, 6) is 0. The number of methoxy groups -OCH3 is 1. The molecule has 5 N–H and O–H groups in total. The van der Waals surface area contributed by atoms with Crippen molar-refractivity contribution in [2.75, 3.05) is 13.7 Å². The van der Waals surface area contributed by atoms with Gasteiger partial charge in [-0.2, -0.15) is 0 Å². The lowest BCUT2D eigenvalue weighted by atomic mass is 10.0. The van der Waals surface area contributed by atoms with Crippen molar-refractivity contribution in [2.45, 2.75) is 31.0 Å². The topological polar surface area (TPSA) is 90.7 Å². The summed E-state index contributed by atoms with van der Waals surface area (Å²) in [7, 11) is 1.52. The predicted octanol–water partition coefficient (Wildman–Crippen LogP) is -1.61. The summed E-state index contributed by atoms with van der Waals surface area (Å²) in [5, 5.41) is 9.41. The van der Waals surface area contributed by atoms with Crippen LogP contribution in [0.15, 0.2) is 0 Å². The van der Waals surface area contributed by atoms with Gasteiger partial charge in [-0.25, -0.2) is 0 Å².